The van der Waals surface area contributed by atoms with Crippen LogP contribution in [0, 0.1) is 13.8 Å². The molecule has 0 bridgehead atoms. The van der Waals surface area contributed by atoms with E-state index >= 15 is 0 Å². The lowest BCUT2D eigenvalue weighted by atomic mass is 9.96. The third kappa shape index (κ3) is 3.84. The minimum atomic E-state index is 0.202. The van der Waals surface area contributed by atoms with Crippen LogP contribution in [0.1, 0.15) is 41.6 Å². The van der Waals surface area contributed by atoms with Gasteiger partial charge in [0.05, 0.1) is 6.04 Å². The molecule has 0 saturated heterocycles. The zero-order chi connectivity index (χ0) is 14.5. The highest BCUT2D eigenvalue weighted by Gasteiger charge is 2.14. The van der Waals surface area contributed by atoms with Crippen molar-refractivity contribution < 1.29 is 0 Å². The first kappa shape index (κ1) is 15.1. The molecular formula is C18H22ClN. The predicted molar refractivity (Wildman–Crippen MR) is 87.5 cm³/mol. The standard InChI is InChI=1S/C18H22ClN/c1-4-9-20-18(15-7-5-13(2)6-8-15)16-10-14(3)11-17(19)12-16/h5-8,10-12,18,20H,4,9H2,1-3H3. The first-order chi connectivity index (χ1) is 9.60. The molecule has 0 spiro atoms. The van der Waals surface area contributed by atoms with E-state index in [-0.39, 0.29) is 6.04 Å². The van der Waals surface area contributed by atoms with Crippen molar-refractivity contribution in [2.24, 2.45) is 0 Å². The average molecular weight is 288 g/mol. The number of hydrogen-bond acceptors (Lipinski definition) is 1. The van der Waals surface area contributed by atoms with Crippen LogP contribution in [0.3, 0.4) is 0 Å². The Kier molecular flexibility index (Phi) is 5.22. The number of nitrogens with one attached hydrogen (secondary N) is 1. The smallest absolute Gasteiger partial charge is 0.0577 e. The summed E-state index contributed by atoms with van der Waals surface area (Å²) in [6.07, 6.45) is 1.11. The molecule has 0 aliphatic heterocycles. The molecule has 2 aromatic carbocycles. The monoisotopic (exact) mass is 287 g/mol. The van der Waals surface area contributed by atoms with Crippen LogP contribution in [0.4, 0.5) is 0 Å². The van der Waals surface area contributed by atoms with Gasteiger partial charge in [0.1, 0.15) is 0 Å². The SMILES string of the molecule is CCCNC(c1ccc(C)cc1)c1cc(C)cc(Cl)c1. The second-order valence-corrected chi connectivity index (χ2v) is 5.80. The Morgan fingerprint density at radius 2 is 1.65 bits per heavy atom. The van der Waals surface area contributed by atoms with Gasteiger partial charge in [-0.05, 0) is 55.6 Å². The highest BCUT2D eigenvalue weighted by molar-refractivity contribution is 6.30. The molecule has 0 aromatic heterocycles. The van der Waals surface area contributed by atoms with Crippen LogP contribution in [0.25, 0.3) is 0 Å². The normalized spacial score (nSPS) is 12.4. The fourth-order valence-corrected chi connectivity index (χ4v) is 2.71. The van der Waals surface area contributed by atoms with Gasteiger partial charge in [-0.1, -0.05) is 54.4 Å². The van der Waals surface area contributed by atoms with Gasteiger partial charge in [-0.2, -0.15) is 0 Å². The van der Waals surface area contributed by atoms with Gasteiger partial charge >= 0.3 is 0 Å². The van der Waals surface area contributed by atoms with Gasteiger partial charge < -0.3 is 5.32 Å². The number of rotatable bonds is 5. The van der Waals surface area contributed by atoms with Crippen LogP contribution in [0.15, 0.2) is 42.5 Å². The molecule has 0 radical (unpaired) electrons. The molecule has 2 aromatic rings. The number of aryl methyl sites for hydroxylation is 2. The van der Waals surface area contributed by atoms with Crippen molar-refractivity contribution in [3.05, 3.63) is 69.7 Å². The second kappa shape index (κ2) is 6.92. The van der Waals surface area contributed by atoms with Crippen molar-refractivity contribution in [1.82, 2.24) is 5.32 Å². The van der Waals surface area contributed by atoms with Gasteiger partial charge in [-0.15, -0.1) is 0 Å². The molecule has 0 saturated carbocycles. The third-order valence-corrected chi connectivity index (χ3v) is 3.63. The lowest BCUT2D eigenvalue weighted by Gasteiger charge is -2.20. The zero-order valence-corrected chi connectivity index (χ0v) is 13.2. The Bertz CT molecular complexity index is 540. The van der Waals surface area contributed by atoms with Crippen molar-refractivity contribution in [2.75, 3.05) is 6.54 Å². The first-order valence-electron chi connectivity index (χ1n) is 7.17. The van der Waals surface area contributed by atoms with Crippen LogP contribution in [-0.4, -0.2) is 6.54 Å². The molecule has 1 N–H and O–H groups in total. The number of benzene rings is 2. The van der Waals surface area contributed by atoms with E-state index < -0.39 is 0 Å². The minimum absolute atomic E-state index is 0.202. The molecule has 106 valence electrons. The van der Waals surface area contributed by atoms with E-state index in [9.17, 15) is 0 Å². The summed E-state index contributed by atoms with van der Waals surface area (Å²) in [6, 6.07) is 15.2. The Balaban J connectivity index is 2.38. The zero-order valence-electron chi connectivity index (χ0n) is 12.4. The van der Waals surface area contributed by atoms with Crippen LogP contribution < -0.4 is 5.32 Å². The number of halogens is 1. The Morgan fingerprint density at radius 1 is 0.950 bits per heavy atom. The highest BCUT2D eigenvalue weighted by Crippen LogP contribution is 2.26. The van der Waals surface area contributed by atoms with Crippen LogP contribution >= 0.6 is 11.6 Å². The molecule has 20 heavy (non-hydrogen) atoms. The van der Waals surface area contributed by atoms with Crippen LogP contribution in [0.5, 0.6) is 0 Å². The van der Waals surface area contributed by atoms with Crippen LogP contribution in [-0.2, 0) is 0 Å². The summed E-state index contributed by atoms with van der Waals surface area (Å²) in [5, 5.41) is 4.42. The fourth-order valence-electron chi connectivity index (χ4n) is 2.41. The molecule has 2 rings (SSSR count). The summed E-state index contributed by atoms with van der Waals surface area (Å²) < 4.78 is 0. The van der Waals surface area contributed by atoms with Crippen LogP contribution in [0.2, 0.25) is 5.02 Å². The summed E-state index contributed by atoms with van der Waals surface area (Å²) in [4.78, 5) is 0. The molecule has 1 unspecified atom stereocenters. The van der Waals surface area contributed by atoms with Gasteiger partial charge in [0.15, 0.2) is 0 Å². The molecule has 0 aliphatic carbocycles. The van der Waals surface area contributed by atoms with E-state index in [0.717, 1.165) is 18.0 Å². The van der Waals surface area contributed by atoms with Crippen molar-refractivity contribution in [1.29, 1.82) is 0 Å². The summed E-state index contributed by atoms with van der Waals surface area (Å²) in [7, 11) is 0. The Morgan fingerprint density at radius 3 is 2.25 bits per heavy atom. The Hall–Kier alpha value is -1.31. The second-order valence-electron chi connectivity index (χ2n) is 5.36. The average Bonchev–Trinajstić information content (AvgIpc) is 2.40. The van der Waals surface area contributed by atoms with Crippen molar-refractivity contribution in [3.8, 4) is 0 Å². The van der Waals surface area contributed by atoms with Gasteiger partial charge in [0.2, 0.25) is 0 Å². The van der Waals surface area contributed by atoms with Crippen molar-refractivity contribution >= 4 is 11.6 Å². The molecule has 1 atom stereocenters. The molecule has 1 nitrogen and oxygen atoms in total. The van der Waals surface area contributed by atoms with Gasteiger partial charge in [0, 0.05) is 5.02 Å². The molecule has 0 amide bonds. The largest absolute Gasteiger partial charge is 0.306 e. The van der Waals surface area contributed by atoms with Gasteiger partial charge in [0.25, 0.3) is 0 Å². The van der Waals surface area contributed by atoms with E-state index in [4.69, 9.17) is 11.6 Å². The third-order valence-electron chi connectivity index (χ3n) is 3.41. The Labute approximate surface area is 127 Å². The fraction of sp³-hybridized carbons (Fsp3) is 0.333. The van der Waals surface area contributed by atoms with Gasteiger partial charge in [-0.3, -0.25) is 0 Å². The lowest BCUT2D eigenvalue weighted by molar-refractivity contribution is 0.598. The van der Waals surface area contributed by atoms with E-state index in [1.165, 1.54) is 22.3 Å². The topological polar surface area (TPSA) is 12.0 Å². The maximum Gasteiger partial charge on any atom is 0.0577 e. The quantitative estimate of drug-likeness (QED) is 0.812. The van der Waals surface area contributed by atoms with Crippen molar-refractivity contribution in [2.45, 2.75) is 33.2 Å². The summed E-state index contributed by atoms with van der Waals surface area (Å²) in [5.41, 5.74) is 4.99. The molecule has 0 aliphatic rings. The first-order valence-corrected chi connectivity index (χ1v) is 7.55. The molecular weight excluding hydrogens is 266 g/mol. The van der Waals surface area contributed by atoms with E-state index in [1.807, 2.05) is 6.07 Å². The minimum Gasteiger partial charge on any atom is -0.306 e. The molecule has 0 heterocycles. The summed E-state index contributed by atoms with van der Waals surface area (Å²) >= 11 is 6.21. The number of hydrogen-bond donors (Lipinski definition) is 1. The summed E-state index contributed by atoms with van der Waals surface area (Å²) in [5.74, 6) is 0. The lowest BCUT2D eigenvalue weighted by Crippen LogP contribution is -2.23. The van der Waals surface area contributed by atoms with Gasteiger partial charge in [-0.25, -0.2) is 0 Å². The molecule has 0 fully saturated rings. The highest BCUT2D eigenvalue weighted by atomic mass is 35.5. The van der Waals surface area contributed by atoms with E-state index in [0.29, 0.717) is 0 Å². The van der Waals surface area contributed by atoms with E-state index in [2.05, 4.69) is 62.5 Å². The molecule has 2 heteroatoms. The maximum atomic E-state index is 6.21. The maximum absolute atomic E-state index is 6.21. The van der Waals surface area contributed by atoms with E-state index in [1.54, 1.807) is 0 Å². The summed E-state index contributed by atoms with van der Waals surface area (Å²) in [6.45, 7) is 7.37. The van der Waals surface area contributed by atoms with Crippen molar-refractivity contribution in [3.63, 3.8) is 0 Å². The predicted octanol–water partition coefficient (Wildman–Crippen LogP) is 5.05.